The summed E-state index contributed by atoms with van der Waals surface area (Å²) < 4.78 is 0. The van der Waals surface area contributed by atoms with Crippen LogP contribution >= 0.6 is 11.6 Å². The summed E-state index contributed by atoms with van der Waals surface area (Å²) in [5.74, 6) is 0. The number of H-pyrrole nitrogens is 1. The van der Waals surface area contributed by atoms with Crippen molar-refractivity contribution in [2.45, 2.75) is 83.4 Å². The Morgan fingerprint density at radius 1 is 1.03 bits per heavy atom. The smallest absolute Gasteiger partial charge is 0.155 e. The number of aryl methyl sites for hydroxylation is 2. The lowest BCUT2D eigenvalue weighted by Crippen LogP contribution is -2.48. The van der Waals surface area contributed by atoms with Gasteiger partial charge in [0.05, 0.1) is 5.60 Å². The van der Waals surface area contributed by atoms with Crippen molar-refractivity contribution in [2.24, 2.45) is 0 Å². The molecule has 0 bridgehead atoms. The topological polar surface area (TPSA) is 65.0 Å². The molecule has 1 aliphatic heterocycles. The summed E-state index contributed by atoms with van der Waals surface area (Å²) in [5, 5.41) is 19.5. The molecule has 4 aromatic rings. The molecule has 2 aromatic carbocycles. The molecule has 2 N–H and O–H groups in total. The van der Waals surface area contributed by atoms with Crippen molar-refractivity contribution in [3.8, 4) is 22.4 Å². The van der Waals surface area contributed by atoms with Gasteiger partial charge in [-0.1, -0.05) is 41.9 Å². The first-order valence-corrected chi connectivity index (χ1v) is 14.3. The minimum atomic E-state index is -1.01. The first-order chi connectivity index (χ1) is 18.1. The van der Waals surface area contributed by atoms with Gasteiger partial charge in [-0.15, -0.1) is 0 Å². The van der Waals surface area contributed by atoms with Gasteiger partial charge in [-0.3, -0.25) is 10.00 Å². The van der Waals surface area contributed by atoms with Gasteiger partial charge in [0.2, 0.25) is 0 Å². The summed E-state index contributed by atoms with van der Waals surface area (Å²) in [5.41, 5.74) is 7.66. The molecule has 6 heteroatoms. The molecule has 2 atom stereocenters. The largest absolute Gasteiger partial charge is 0.386 e. The average Bonchev–Trinajstić information content (AvgIpc) is 3.47. The van der Waals surface area contributed by atoms with Crippen molar-refractivity contribution in [3.63, 3.8) is 0 Å². The molecular formula is C32H37ClN4O. The van der Waals surface area contributed by atoms with Crippen LogP contribution in [-0.2, 0) is 18.4 Å². The molecule has 1 saturated heterocycles. The van der Waals surface area contributed by atoms with Crippen LogP contribution in [0.3, 0.4) is 0 Å². The highest BCUT2D eigenvalue weighted by molar-refractivity contribution is 6.31. The lowest BCUT2D eigenvalue weighted by Gasteiger charge is -2.41. The quantitative estimate of drug-likeness (QED) is 0.273. The average molecular weight is 529 g/mol. The maximum atomic E-state index is 10.4. The van der Waals surface area contributed by atoms with Crippen molar-refractivity contribution in [3.05, 3.63) is 70.4 Å². The molecule has 2 aliphatic rings. The Kier molecular flexibility index (Phi) is 6.37. The van der Waals surface area contributed by atoms with Crippen molar-refractivity contribution >= 4 is 22.6 Å². The molecule has 6 rings (SSSR count). The third-order valence-electron chi connectivity index (χ3n) is 8.97. The van der Waals surface area contributed by atoms with Crippen LogP contribution in [0.1, 0.15) is 70.1 Å². The molecule has 0 radical (unpaired) electrons. The van der Waals surface area contributed by atoms with Crippen molar-refractivity contribution < 1.29 is 5.11 Å². The van der Waals surface area contributed by atoms with Gasteiger partial charge in [0.15, 0.2) is 5.65 Å². The predicted molar refractivity (Wildman–Crippen MR) is 155 cm³/mol. The summed E-state index contributed by atoms with van der Waals surface area (Å²) >= 11 is 6.54. The molecule has 0 amide bonds. The Balaban J connectivity index is 1.31. The molecule has 5 nitrogen and oxygen atoms in total. The minimum absolute atomic E-state index is 0.281. The van der Waals surface area contributed by atoms with Crippen molar-refractivity contribution in [1.82, 2.24) is 20.1 Å². The highest BCUT2D eigenvalue weighted by Gasteiger charge is 2.38. The number of nitrogens with zero attached hydrogens (tertiary/aromatic N) is 3. The highest BCUT2D eigenvalue weighted by Crippen LogP contribution is 2.39. The zero-order chi connectivity index (χ0) is 26.7. The van der Waals surface area contributed by atoms with Crippen LogP contribution in [-0.4, -0.2) is 43.3 Å². The Bertz CT molecular complexity index is 1500. The van der Waals surface area contributed by atoms with E-state index < -0.39 is 5.60 Å². The van der Waals surface area contributed by atoms with Crippen molar-refractivity contribution in [1.29, 1.82) is 0 Å². The SMILES string of the molecule is C[C@H]1CCCN1C1(C)CCc2ccc(-c3cnc4[nH]nc(-c5ccc(C(C)(C)O)c(Cl)c5)c4c3)cc2CC1. The molecular weight excluding hydrogens is 492 g/mol. The van der Waals surface area contributed by atoms with Crippen LogP contribution in [0.15, 0.2) is 48.7 Å². The van der Waals surface area contributed by atoms with E-state index in [1.807, 2.05) is 24.4 Å². The Hall–Kier alpha value is -2.73. The van der Waals surface area contributed by atoms with Crippen LogP contribution in [0, 0.1) is 0 Å². The van der Waals surface area contributed by atoms with Gasteiger partial charge in [-0.2, -0.15) is 5.10 Å². The standard InChI is InChI=1S/C32H37ClN4O/c1-20-6-5-15-37(20)32(4)13-11-21-7-8-22(16-23(21)12-14-32)25-17-26-29(35-36-30(26)34-19-25)24-9-10-27(28(33)18-24)31(2,3)38/h7-10,16-20,38H,5-6,11-15H2,1-4H3,(H,34,35,36)/t20-,32?/m0/s1. The number of halogens is 1. The van der Waals surface area contributed by atoms with Crippen LogP contribution in [0.25, 0.3) is 33.4 Å². The zero-order valence-corrected chi connectivity index (χ0v) is 23.6. The molecule has 0 saturated carbocycles. The van der Waals surface area contributed by atoms with Crippen LogP contribution in [0.4, 0.5) is 0 Å². The van der Waals surface area contributed by atoms with Crippen LogP contribution < -0.4 is 0 Å². The van der Waals surface area contributed by atoms with Crippen molar-refractivity contribution in [2.75, 3.05) is 6.54 Å². The maximum Gasteiger partial charge on any atom is 0.155 e. The number of likely N-dealkylation sites (tertiary alicyclic amines) is 1. The van der Waals surface area contributed by atoms with E-state index >= 15 is 0 Å². The minimum Gasteiger partial charge on any atom is -0.386 e. The number of rotatable bonds is 4. The number of aromatic amines is 1. The number of fused-ring (bicyclic) bond motifs is 2. The first-order valence-electron chi connectivity index (χ1n) is 13.9. The summed E-state index contributed by atoms with van der Waals surface area (Å²) in [6.45, 7) is 9.60. The van der Waals surface area contributed by atoms with E-state index in [1.54, 1.807) is 13.8 Å². The molecule has 198 valence electrons. The summed E-state index contributed by atoms with van der Waals surface area (Å²) in [6, 6.07) is 15.5. The molecule has 2 aromatic heterocycles. The number of hydrogen-bond acceptors (Lipinski definition) is 4. The second-order valence-corrected chi connectivity index (χ2v) is 12.5. The molecule has 0 spiro atoms. The van der Waals surface area contributed by atoms with E-state index in [2.05, 4.69) is 53.2 Å². The Labute approximate surface area is 230 Å². The van der Waals surface area contributed by atoms with E-state index in [4.69, 9.17) is 16.6 Å². The normalized spacial score (nSPS) is 22.5. The number of nitrogens with one attached hydrogen (secondary N) is 1. The fraction of sp³-hybridized carbons (Fsp3) is 0.438. The highest BCUT2D eigenvalue weighted by atomic mass is 35.5. The maximum absolute atomic E-state index is 10.4. The Morgan fingerprint density at radius 3 is 2.50 bits per heavy atom. The lowest BCUT2D eigenvalue weighted by atomic mass is 9.89. The van der Waals surface area contributed by atoms with Gasteiger partial charge < -0.3 is 5.11 Å². The third kappa shape index (κ3) is 4.55. The summed E-state index contributed by atoms with van der Waals surface area (Å²) in [7, 11) is 0. The summed E-state index contributed by atoms with van der Waals surface area (Å²) in [6.07, 6.45) is 9.27. The van der Waals surface area contributed by atoms with E-state index in [0.717, 1.165) is 40.7 Å². The van der Waals surface area contributed by atoms with Crippen LogP contribution in [0.2, 0.25) is 5.02 Å². The predicted octanol–water partition coefficient (Wildman–Crippen LogP) is 7.29. The number of benzene rings is 2. The third-order valence-corrected chi connectivity index (χ3v) is 9.28. The molecule has 38 heavy (non-hydrogen) atoms. The first kappa shape index (κ1) is 25.5. The van der Waals surface area contributed by atoms with E-state index in [0.29, 0.717) is 16.6 Å². The number of hydrogen-bond donors (Lipinski definition) is 2. The molecule has 1 fully saturated rings. The van der Waals surface area contributed by atoms with E-state index in [1.165, 1.54) is 48.9 Å². The molecule has 3 heterocycles. The zero-order valence-electron chi connectivity index (χ0n) is 22.8. The van der Waals surface area contributed by atoms with Gasteiger partial charge in [-0.25, -0.2) is 4.98 Å². The van der Waals surface area contributed by atoms with Gasteiger partial charge in [0.25, 0.3) is 0 Å². The number of aromatic nitrogens is 3. The van der Waals surface area contributed by atoms with Crippen LogP contribution in [0.5, 0.6) is 0 Å². The lowest BCUT2D eigenvalue weighted by molar-refractivity contribution is 0.0787. The number of aliphatic hydroxyl groups is 1. The van der Waals surface area contributed by atoms with Gasteiger partial charge in [0, 0.05) is 44.9 Å². The molecule has 1 unspecified atom stereocenters. The summed E-state index contributed by atoms with van der Waals surface area (Å²) in [4.78, 5) is 7.48. The van der Waals surface area contributed by atoms with E-state index in [-0.39, 0.29) is 5.54 Å². The van der Waals surface area contributed by atoms with E-state index in [9.17, 15) is 5.11 Å². The monoisotopic (exact) mass is 528 g/mol. The fourth-order valence-corrected chi connectivity index (χ4v) is 7.09. The van der Waals surface area contributed by atoms with Gasteiger partial charge in [-0.05, 0) is 102 Å². The Morgan fingerprint density at radius 2 is 1.79 bits per heavy atom. The second kappa shape index (κ2) is 9.48. The van der Waals surface area contributed by atoms with Gasteiger partial charge in [0.1, 0.15) is 5.69 Å². The number of pyridine rings is 1. The molecule has 1 aliphatic carbocycles. The second-order valence-electron chi connectivity index (χ2n) is 12.1. The fourth-order valence-electron chi connectivity index (χ4n) is 6.68. The van der Waals surface area contributed by atoms with Gasteiger partial charge >= 0.3 is 0 Å².